The Kier molecular flexibility index (Phi) is 4.76. The van der Waals surface area contributed by atoms with Crippen LogP contribution >= 0.6 is 0 Å². The molecule has 0 radical (unpaired) electrons. The van der Waals surface area contributed by atoms with E-state index >= 15 is 0 Å². The third kappa shape index (κ3) is 3.57. The van der Waals surface area contributed by atoms with Crippen molar-refractivity contribution in [2.45, 2.75) is 0 Å². The average molecular weight is 413 g/mol. The molecule has 0 aliphatic rings. The third-order valence-electron chi connectivity index (χ3n) is 5.05. The normalized spacial score (nSPS) is 11.7. The van der Waals surface area contributed by atoms with Gasteiger partial charge >= 0.3 is 5.95 Å². The van der Waals surface area contributed by atoms with E-state index in [4.69, 9.17) is 13.9 Å². The summed E-state index contributed by atoms with van der Waals surface area (Å²) in [5, 5.41) is 6.28. The molecular formula is C24H21N4O3+. The van der Waals surface area contributed by atoms with E-state index in [9.17, 15) is 0 Å². The van der Waals surface area contributed by atoms with E-state index in [1.807, 2.05) is 72.8 Å². The van der Waals surface area contributed by atoms with Crippen LogP contribution in [0.1, 0.15) is 0 Å². The predicted octanol–water partition coefficient (Wildman–Crippen LogP) is 4.34. The summed E-state index contributed by atoms with van der Waals surface area (Å²) in [6.45, 7) is 0. The van der Waals surface area contributed by atoms with Gasteiger partial charge in [-0.25, -0.2) is 9.97 Å². The van der Waals surface area contributed by atoms with Gasteiger partial charge in [0.15, 0.2) is 11.5 Å². The highest BCUT2D eigenvalue weighted by Gasteiger charge is 2.11. The van der Waals surface area contributed by atoms with Crippen LogP contribution in [0.3, 0.4) is 0 Å². The number of benzene rings is 3. The first-order chi connectivity index (χ1) is 15.2. The van der Waals surface area contributed by atoms with Crippen molar-refractivity contribution in [3.63, 3.8) is 0 Å². The molecule has 0 fully saturated rings. The molecule has 0 amide bonds. The van der Waals surface area contributed by atoms with Crippen molar-refractivity contribution < 1.29 is 18.9 Å². The lowest BCUT2D eigenvalue weighted by atomic mass is 10.1. The number of aromatic amines is 2. The molecule has 0 aliphatic carbocycles. The molecule has 0 unspecified atom stereocenters. The average Bonchev–Trinajstić information content (AvgIpc) is 3.25. The van der Waals surface area contributed by atoms with Gasteiger partial charge in [0, 0.05) is 17.0 Å². The Morgan fingerprint density at radius 3 is 2.55 bits per heavy atom. The van der Waals surface area contributed by atoms with Gasteiger partial charge in [0.2, 0.25) is 0 Å². The van der Waals surface area contributed by atoms with Crippen LogP contribution < -0.4 is 25.2 Å². The van der Waals surface area contributed by atoms with Crippen LogP contribution in [0, 0.1) is 0 Å². The fourth-order valence-electron chi connectivity index (χ4n) is 3.52. The van der Waals surface area contributed by atoms with Gasteiger partial charge in [0.25, 0.3) is 0 Å². The maximum absolute atomic E-state index is 6.16. The van der Waals surface area contributed by atoms with Crippen molar-refractivity contribution in [1.82, 2.24) is 4.98 Å². The van der Waals surface area contributed by atoms with E-state index in [0.29, 0.717) is 23.2 Å². The number of para-hydroxylation sites is 3. The molecular weight excluding hydrogens is 392 g/mol. The first-order valence-electron chi connectivity index (χ1n) is 9.80. The van der Waals surface area contributed by atoms with Crippen molar-refractivity contribution >= 4 is 28.0 Å². The number of nitrogens with zero attached hydrogens (tertiary/aromatic N) is 1. The van der Waals surface area contributed by atoms with Crippen molar-refractivity contribution in [3.8, 4) is 22.8 Å². The maximum atomic E-state index is 6.16. The Morgan fingerprint density at radius 2 is 1.71 bits per heavy atom. The van der Waals surface area contributed by atoms with Crippen LogP contribution in [0.5, 0.6) is 11.5 Å². The maximum Gasteiger partial charge on any atom is 0.377 e. The summed E-state index contributed by atoms with van der Waals surface area (Å²) in [5.74, 6) is 2.65. The number of hydrogen-bond donors (Lipinski definition) is 2. The second-order valence-electron chi connectivity index (χ2n) is 6.96. The molecule has 154 valence electrons. The third-order valence-corrected chi connectivity index (χ3v) is 5.05. The van der Waals surface area contributed by atoms with Crippen LogP contribution in [0.4, 0.5) is 5.95 Å². The van der Waals surface area contributed by atoms with Gasteiger partial charge in [-0.05, 0) is 42.5 Å². The predicted molar refractivity (Wildman–Crippen MR) is 119 cm³/mol. The van der Waals surface area contributed by atoms with Crippen LogP contribution in [0.25, 0.3) is 33.3 Å². The van der Waals surface area contributed by atoms with Gasteiger partial charge in [-0.3, -0.25) is 0 Å². The quantitative estimate of drug-likeness (QED) is 0.420. The molecule has 31 heavy (non-hydrogen) atoms. The zero-order valence-electron chi connectivity index (χ0n) is 17.1. The van der Waals surface area contributed by atoms with Gasteiger partial charge in [-0.2, -0.15) is 5.43 Å². The molecule has 0 saturated carbocycles. The van der Waals surface area contributed by atoms with Crippen LogP contribution in [0.2, 0.25) is 0 Å². The van der Waals surface area contributed by atoms with Crippen LogP contribution in [-0.4, -0.2) is 19.2 Å². The zero-order chi connectivity index (χ0) is 21.2. The van der Waals surface area contributed by atoms with Crippen LogP contribution in [0.15, 0.2) is 82.3 Å². The number of methoxy groups -OCH3 is 2. The first kappa shape index (κ1) is 18.7. The van der Waals surface area contributed by atoms with E-state index in [1.54, 1.807) is 14.2 Å². The molecule has 3 aromatic carbocycles. The van der Waals surface area contributed by atoms with Gasteiger partial charge in [-0.1, -0.05) is 24.3 Å². The first-order valence-corrected chi connectivity index (χ1v) is 9.80. The molecule has 2 aromatic heterocycles. The van der Waals surface area contributed by atoms with Crippen molar-refractivity contribution in [1.29, 1.82) is 0 Å². The second-order valence-corrected chi connectivity index (χ2v) is 6.96. The standard InChI is InChI=1S/C24H20N4O3/c1-29-21-12-11-15(13-23(21)30-2)22-14-19(16-7-3-6-10-20(16)31-22)27-28-24-25-17-8-4-5-9-18(17)26-24/h3-14H,1-2H3,(H2,25,26,28)/p+1. The molecule has 0 spiro atoms. The van der Waals surface area contributed by atoms with E-state index < -0.39 is 0 Å². The lowest BCUT2D eigenvalue weighted by molar-refractivity contribution is -0.326. The van der Waals surface area contributed by atoms with E-state index in [2.05, 4.69) is 20.5 Å². The monoisotopic (exact) mass is 413 g/mol. The molecule has 0 saturated heterocycles. The van der Waals surface area contributed by atoms with Gasteiger partial charge in [-0.15, -0.1) is 5.10 Å². The summed E-state index contributed by atoms with van der Waals surface area (Å²) in [6, 6.07) is 23.3. The number of H-pyrrole nitrogens is 2. The minimum Gasteiger partial charge on any atom is -0.493 e. The summed E-state index contributed by atoms with van der Waals surface area (Å²) >= 11 is 0. The Bertz CT molecular complexity index is 1420. The number of ether oxygens (including phenoxy) is 2. The van der Waals surface area contributed by atoms with Crippen molar-refractivity contribution in [3.05, 3.63) is 78.2 Å². The second kappa shape index (κ2) is 7.87. The SMILES string of the molecule is COc1ccc(-c2cc(=NNc3[nH]c4ccccc4[nH+]3)c3ccccc3o2)cc1OC. The highest BCUT2D eigenvalue weighted by Crippen LogP contribution is 2.32. The number of hydrogen-bond acceptors (Lipinski definition) is 5. The number of aromatic nitrogens is 2. The molecule has 7 heteroatoms. The summed E-state index contributed by atoms with van der Waals surface area (Å²) in [6.07, 6.45) is 0. The topological polar surface area (TPSA) is 85.9 Å². The summed E-state index contributed by atoms with van der Waals surface area (Å²) in [4.78, 5) is 6.55. The number of anilines is 1. The Balaban J connectivity index is 1.61. The lowest BCUT2D eigenvalue weighted by Crippen LogP contribution is -2.12. The van der Waals surface area contributed by atoms with Gasteiger partial charge < -0.3 is 13.9 Å². The van der Waals surface area contributed by atoms with E-state index in [1.165, 1.54) is 0 Å². The van der Waals surface area contributed by atoms with Gasteiger partial charge in [0.1, 0.15) is 27.7 Å². The number of imidazole rings is 1. The van der Waals surface area contributed by atoms with E-state index in [-0.39, 0.29) is 0 Å². The lowest BCUT2D eigenvalue weighted by Gasteiger charge is -2.10. The van der Waals surface area contributed by atoms with Crippen molar-refractivity contribution in [2.75, 3.05) is 19.6 Å². The minimum atomic E-state index is 0.632. The van der Waals surface area contributed by atoms with Crippen molar-refractivity contribution in [2.24, 2.45) is 5.10 Å². The molecule has 0 aliphatic heterocycles. The number of nitrogens with one attached hydrogen (secondary N) is 3. The fourth-order valence-corrected chi connectivity index (χ4v) is 3.52. The molecule has 0 atom stereocenters. The number of rotatable bonds is 5. The molecule has 7 nitrogen and oxygen atoms in total. The molecule has 3 N–H and O–H groups in total. The number of fused-ring (bicyclic) bond motifs is 2. The molecule has 0 bridgehead atoms. The Morgan fingerprint density at radius 1 is 0.903 bits per heavy atom. The Hall–Kier alpha value is -4.26. The summed E-state index contributed by atoms with van der Waals surface area (Å²) in [7, 11) is 3.22. The van der Waals surface area contributed by atoms with Gasteiger partial charge in [0.05, 0.1) is 14.2 Å². The largest absolute Gasteiger partial charge is 0.493 e. The highest BCUT2D eigenvalue weighted by atomic mass is 16.5. The summed E-state index contributed by atoms with van der Waals surface area (Å²) < 4.78 is 16.9. The van der Waals surface area contributed by atoms with Crippen LogP contribution in [-0.2, 0) is 0 Å². The molecule has 5 rings (SSSR count). The fraction of sp³-hybridized carbons (Fsp3) is 0.0833. The molecule has 5 aromatic rings. The highest BCUT2D eigenvalue weighted by molar-refractivity contribution is 5.79. The zero-order valence-corrected chi connectivity index (χ0v) is 17.1. The minimum absolute atomic E-state index is 0.632. The summed E-state index contributed by atoms with van der Waals surface area (Å²) in [5.41, 5.74) is 6.68. The smallest absolute Gasteiger partial charge is 0.377 e. The molecule has 2 heterocycles. The Labute approximate surface area is 178 Å². The van der Waals surface area contributed by atoms with E-state index in [0.717, 1.165) is 32.9 Å².